The van der Waals surface area contributed by atoms with Gasteiger partial charge in [0.1, 0.15) is 0 Å². The van der Waals surface area contributed by atoms with Crippen molar-refractivity contribution in [2.24, 2.45) is 0 Å². The third kappa shape index (κ3) is 50.3. The van der Waals surface area contributed by atoms with Gasteiger partial charge in [0.15, 0.2) is 0 Å². The maximum Gasteiger partial charge on any atom is 0.220 e. The first-order valence-electron chi connectivity index (χ1n) is 27.5. The van der Waals surface area contributed by atoms with E-state index in [2.05, 4.69) is 104 Å². The molecule has 64 heavy (non-hydrogen) atoms. The Hall–Kier alpha value is -2.69. The van der Waals surface area contributed by atoms with Crippen LogP contribution in [0.2, 0.25) is 0 Å². The Morgan fingerprint density at radius 2 is 0.688 bits per heavy atom. The average molecular weight is 889 g/mol. The summed E-state index contributed by atoms with van der Waals surface area (Å²) in [5, 5.41) is 23.0. The van der Waals surface area contributed by atoms with Gasteiger partial charge in [-0.15, -0.1) is 0 Å². The zero-order chi connectivity index (χ0) is 46.3. The Labute approximate surface area is 398 Å². The van der Waals surface area contributed by atoms with E-state index in [-0.39, 0.29) is 12.5 Å². The van der Waals surface area contributed by atoms with Gasteiger partial charge in [0.25, 0.3) is 0 Å². The number of aliphatic hydroxyl groups is 2. The van der Waals surface area contributed by atoms with Gasteiger partial charge in [0, 0.05) is 6.42 Å². The predicted octanol–water partition coefficient (Wildman–Crippen LogP) is 18.1. The van der Waals surface area contributed by atoms with Crippen LogP contribution in [0.15, 0.2) is 97.2 Å². The monoisotopic (exact) mass is 888 g/mol. The largest absolute Gasteiger partial charge is 0.394 e. The number of amides is 1. The number of carbonyl (C=O) groups excluding carboxylic acids is 1. The fourth-order valence-electron chi connectivity index (χ4n) is 7.92. The van der Waals surface area contributed by atoms with Crippen molar-refractivity contribution in [2.45, 2.75) is 270 Å². The molecule has 0 aliphatic carbocycles. The Morgan fingerprint density at radius 3 is 1.03 bits per heavy atom. The van der Waals surface area contributed by atoms with E-state index in [1.165, 1.54) is 167 Å². The van der Waals surface area contributed by atoms with Crippen LogP contribution in [0.5, 0.6) is 0 Å². The molecule has 1 amide bonds. The van der Waals surface area contributed by atoms with Crippen LogP contribution in [0.3, 0.4) is 0 Å². The second-order valence-corrected chi connectivity index (χ2v) is 18.3. The molecule has 368 valence electrons. The van der Waals surface area contributed by atoms with E-state index in [1.54, 1.807) is 6.08 Å². The lowest BCUT2D eigenvalue weighted by Gasteiger charge is -2.20. The molecular formula is C60H105NO3. The molecule has 0 aliphatic rings. The van der Waals surface area contributed by atoms with E-state index in [0.717, 1.165) is 70.6 Å². The van der Waals surface area contributed by atoms with E-state index >= 15 is 0 Å². The maximum atomic E-state index is 12.4. The lowest BCUT2D eigenvalue weighted by Crippen LogP contribution is -2.45. The summed E-state index contributed by atoms with van der Waals surface area (Å²) in [5.41, 5.74) is 0. The van der Waals surface area contributed by atoms with Gasteiger partial charge in [-0.3, -0.25) is 4.79 Å². The molecule has 0 saturated carbocycles. The van der Waals surface area contributed by atoms with Crippen LogP contribution in [0, 0.1) is 0 Å². The molecule has 0 spiro atoms. The fraction of sp³-hybridized carbons (Fsp3) is 0.717. The van der Waals surface area contributed by atoms with Crippen molar-refractivity contribution in [2.75, 3.05) is 6.61 Å². The first-order valence-corrected chi connectivity index (χ1v) is 27.5. The third-order valence-electron chi connectivity index (χ3n) is 12.1. The van der Waals surface area contributed by atoms with Crippen LogP contribution in [0.25, 0.3) is 0 Å². The second-order valence-electron chi connectivity index (χ2n) is 18.3. The molecule has 0 rings (SSSR count). The Balaban J connectivity index is 3.46. The lowest BCUT2D eigenvalue weighted by atomic mass is 10.0. The zero-order valence-corrected chi connectivity index (χ0v) is 42.3. The molecule has 0 aromatic heterocycles. The summed E-state index contributed by atoms with van der Waals surface area (Å²) in [6.45, 7) is 4.18. The topological polar surface area (TPSA) is 69.6 Å². The summed E-state index contributed by atoms with van der Waals surface area (Å²) in [5.74, 6) is -0.0655. The van der Waals surface area contributed by atoms with Crippen molar-refractivity contribution in [1.82, 2.24) is 5.32 Å². The van der Waals surface area contributed by atoms with Gasteiger partial charge < -0.3 is 15.5 Å². The quantitative estimate of drug-likeness (QED) is 0.0421. The van der Waals surface area contributed by atoms with Crippen molar-refractivity contribution in [3.05, 3.63) is 97.2 Å². The molecule has 0 aliphatic heterocycles. The Morgan fingerprint density at radius 1 is 0.391 bits per heavy atom. The third-order valence-corrected chi connectivity index (χ3v) is 12.1. The van der Waals surface area contributed by atoms with Crippen LogP contribution in [-0.4, -0.2) is 34.9 Å². The molecule has 2 atom stereocenters. The minimum Gasteiger partial charge on any atom is -0.394 e. The van der Waals surface area contributed by atoms with Crippen LogP contribution in [-0.2, 0) is 4.79 Å². The van der Waals surface area contributed by atoms with Crippen LogP contribution in [0.1, 0.15) is 258 Å². The van der Waals surface area contributed by atoms with E-state index in [4.69, 9.17) is 0 Å². The van der Waals surface area contributed by atoms with Gasteiger partial charge in [-0.2, -0.15) is 0 Å². The van der Waals surface area contributed by atoms with Gasteiger partial charge in [-0.05, 0) is 77.0 Å². The Kier molecular flexibility index (Phi) is 52.3. The standard InChI is InChI=1S/C60H105NO3/c1-3-5-7-9-11-13-15-16-17-18-19-20-21-22-23-24-25-26-27-28-29-30-31-32-33-34-35-36-37-38-39-40-41-42-43-44-46-48-50-52-54-56-60(64)61-58(57-62)59(63)55-53-51-49-47-45-14-12-10-8-6-4-2/h5,7,11,13,16-17,19-20,22-23,25-26,28-29,53,55,58-59,62-63H,3-4,6,8-10,12,14-15,18,21,24,27,30-52,54,56-57H2,1-2H3,(H,61,64)/b7-5-,13-11-,17-16-,20-19-,23-22-,26-25-,29-28-,55-53+. The number of rotatable bonds is 49. The maximum absolute atomic E-state index is 12.4. The van der Waals surface area contributed by atoms with Crippen LogP contribution >= 0.6 is 0 Å². The molecule has 0 heterocycles. The van der Waals surface area contributed by atoms with E-state index < -0.39 is 12.1 Å². The highest BCUT2D eigenvalue weighted by atomic mass is 16.3. The molecule has 0 saturated heterocycles. The molecule has 0 radical (unpaired) electrons. The molecule has 0 aromatic rings. The minimum absolute atomic E-state index is 0.0655. The summed E-state index contributed by atoms with van der Waals surface area (Å²) in [6.07, 6.45) is 81.4. The van der Waals surface area contributed by atoms with E-state index in [9.17, 15) is 15.0 Å². The van der Waals surface area contributed by atoms with Gasteiger partial charge in [0.2, 0.25) is 5.91 Å². The number of hydrogen-bond donors (Lipinski definition) is 3. The minimum atomic E-state index is -0.839. The van der Waals surface area contributed by atoms with Crippen molar-refractivity contribution in [1.29, 1.82) is 0 Å². The fourth-order valence-corrected chi connectivity index (χ4v) is 7.92. The lowest BCUT2D eigenvalue weighted by molar-refractivity contribution is -0.123. The van der Waals surface area contributed by atoms with E-state index in [0.29, 0.717) is 6.42 Å². The van der Waals surface area contributed by atoms with Crippen LogP contribution in [0.4, 0.5) is 0 Å². The number of unbranched alkanes of at least 4 members (excludes halogenated alkanes) is 28. The molecule has 0 bridgehead atoms. The highest BCUT2D eigenvalue weighted by Crippen LogP contribution is 2.16. The summed E-state index contributed by atoms with van der Waals surface area (Å²) in [4.78, 5) is 12.4. The summed E-state index contributed by atoms with van der Waals surface area (Å²) < 4.78 is 0. The van der Waals surface area contributed by atoms with E-state index in [1.807, 2.05) is 6.08 Å². The molecular weight excluding hydrogens is 783 g/mol. The van der Waals surface area contributed by atoms with Gasteiger partial charge in [-0.25, -0.2) is 0 Å². The smallest absolute Gasteiger partial charge is 0.220 e. The summed E-state index contributed by atoms with van der Waals surface area (Å²) in [7, 11) is 0. The zero-order valence-electron chi connectivity index (χ0n) is 42.3. The second kappa shape index (κ2) is 54.6. The summed E-state index contributed by atoms with van der Waals surface area (Å²) >= 11 is 0. The average Bonchev–Trinajstić information content (AvgIpc) is 3.30. The van der Waals surface area contributed by atoms with Gasteiger partial charge in [-0.1, -0.05) is 272 Å². The molecule has 3 N–H and O–H groups in total. The number of carbonyl (C=O) groups is 1. The van der Waals surface area contributed by atoms with Gasteiger partial charge in [0.05, 0.1) is 18.8 Å². The van der Waals surface area contributed by atoms with Crippen LogP contribution < -0.4 is 5.32 Å². The molecule has 4 nitrogen and oxygen atoms in total. The normalized spacial score (nSPS) is 13.6. The first kappa shape index (κ1) is 61.3. The predicted molar refractivity (Wildman–Crippen MR) is 285 cm³/mol. The highest BCUT2D eigenvalue weighted by molar-refractivity contribution is 5.76. The number of nitrogens with one attached hydrogen (secondary N) is 1. The highest BCUT2D eigenvalue weighted by Gasteiger charge is 2.18. The van der Waals surface area contributed by atoms with Crippen molar-refractivity contribution in [3.8, 4) is 0 Å². The Bertz CT molecular complexity index is 1190. The molecule has 0 fully saturated rings. The van der Waals surface area contributed by atoms with Crippen molar-refractivity contribution >= 4 is 5.91 Å². The van der Waals surface area contributed by atoms with Crippen molar-refractivity contribution < 1.29 is 15.0 Å². The SMILES string of the molecule is CC/C=C\C/C=C\C/C=C\C/C=C\C/C=C\C/C=C\C/C=C\CCCCCCCCCCCCCCCCCCCCCC(=O)NC(CO)C(O)/C=C/CCCCCCCCCCC. The van der Waals surface area contributed by atoms with Crippen molar-refractivity contribution in [3.63, 3.8) is 0 Å². The first-order chi connectivity index (χ1) is 31.7. The molecule has 2 unspecified atom stereocenters. The molecule has 4 heteroatoms. The number of hydrogen-bond acceptors (Lipinski definition) is 3. The van der Waals surface area contributed by atoms with Gasteiger partial charge >= 0.3 is 0 Å². The summed E-state index contributed by atoms with van der Waals surface area (Å²) in [6, 6.07) is -0.623. The molecule has 0 aromatic carbocycles. The number of allylic oxidation sites excluding steroid dienone is 15. The number of aliphatic hydroxyl groups excluding tert-OH is 2.